The van der Waals surface area contributed by atoms with Crippen LogP contribution in [0.4, 0.5) is 0 Å². The number of rotatable bonds is 9. The zero-order valence-electron chi connectivity index (χ0n) is 16.2. The molecule has 5 aliphatic rings. The molecule has 4 saturated carbocycles. The number of hydrogen-bond acceptors (Lipinski definition) is 3. The van der Waals surface area contributed by atoms with Crippen molar-refractivity contribution in [3.63, 3.8) is 0 Å². The van der Waals surface area contributed by atoms with Gasteiger partial charge in [0.1, 0.15) is 0 Å². The maximum Gasteiger partial charge on any atom is 0.334 e. The molecule has 146 valence electrons. The molecule has 0 aromatic heterocycles. The van der Waals surface area contributed by atoms with Crippen molar-refractivity contribution >= 4 is 5.97 Å². The van der Waals surface area contributed by atoms with Crippen LogP contribution in [0.1, 0.15) is 77.6 Å². The van der Waals surface area contributed by atoms with Gasteiger partial charge in [0, 0.05) is 0 Å². The maximum absolute atomic E-state index is 11.8. The highest BCUT2D eigenvalue weighted by molar-refractivity contribution is 5.86. The molecule has 4 bridgehead atoms. The van der Waals surface area contributed by atoms with Crippen LogP contribution in [0.5, 0.6) is 0 Å². The molecule has 1 N–H and O–H groups in total. The Bertz CT molecular complexity index is 520. The maximum atomic E-state index is 11.8. The van der Waals surface area contributed by atoms with Crippen molar-refractivity contribution in [2.24, 2.45) is 23.2 Å². The highest BCUT2D eigenvalue weighted by Crippen LogP contribution is 2.62. The fraction of sp³-hybridized carbons (Fsp3) is 0.864. The third-order valence-electron chi connectivity index (χ3n) is 7.74. The van der Waals surface area contributed by atoms with Crippen molar-refractivity contribution in [1.29, 1.82) is 0 Å². The quantitative estimate of drug-likeness (QED) is 0.359. The molecule has 4 aliphatic carbocycles. The number of hydrogen-bond donors (Lipinski definition) is 1. The lowest BCUT2D eigenvalue weighted by Crippen LogP contribution is -2.46. The molecule has 0 aromatic rings. The summed E-state index contributed by atoms with van der Waals surface area (Å²) < 4.78 is 11.4. The SMILES string of the molecule is CCC1(CCCOC=C(CC23CC4CC(CC(C4)C2)C3)C(=O)O)CCO1. The second kappa shape index (κ2) is 7.18. The van der Waals surface area contributed by atoms with E-state index < -0.39 is 5.97 Å². The Hall–Kier alpha value is -1.03. The standard InChI is InChI=1S/C22H34O4/c1-2-22(5-7-26-22)4-3-6-25-15-19(20(23)24)14-21-11-16-8-17(12-21)10-18(9-16)13-21/h15-18H,2-14H2,1H3,(H,23,24). The van der Waals surface area contributed by atoms with Gasteiger partial charge in [0.05, 0.1) is 30.6 Å². The van der Waals surface area contributed by atoms with E-state index in [0.29, 0.717) is 18.6 Å². The molecule has 0 radical (unpaired) electrons. The third-order valence-corrected chi connectivity index (χ3v) is 7.74. The molecule has 0 aromatic carbocycles. The van der Waals surface area contributed by atoms with Crippen molar-refractivity contribution in [1.82, 2.24) is 0 Å². The van der Waals surface area contributed by atoms with Gasteiger partial charge < -0.3 is 14.6 Å². The van der Waals surface area contributed by atoms with Crippen molar-refractivity contribution in [2.75, 3.05) is 13.2 Å². The second-order valence-electron chi connectivity index (χ2n) is 9.65. The Morgan fingerprint density at radius 3 is 2.27 bits per heavy atom. The molecular weight excluding hydrogens is 328 g/mol. The number of carbonyl (C=O) groups is 1. The zero-order chi connectivity index (χ0) is 18.2. The summed E-state index contributed by atoms with van der Waals surface area (Å²) in [6.07, 6.45) is 14.3. The predicted molar refractivity (Wildman–Crippen MR) is 99.7 cm³/mol. The van der Waals surface area contributed by atoms with E-state index >= 15 is 0 Å². The Morgan fingerprint density at radius 2 is 1.81 bits per heavy atom. The highest BCUT2D eigenvalue weighted by atomic mass is 16.5. The molecule has 0 spiro atoms. The van der Waals surface area contributed by atoms with Gasteiger partial charge in [-0.2, -0.15) is 0 Å². The molecule has 26 heavy (non-hydrogen) atoms. The van der Waals surface area contributed by atoms with Gasteiger partial charge in [-0.1, -0.05) is 6.92 Å². The average molecular weight is 363 g/mol. The van der Waals surface area contributed by atoms with Crippen molar-refractivity contribution < 1.29 is 19.4 Å². The Morgan fingerprint density at radius 1 is 1.19 bits per heavy atom. The van der Waals surface area contributed by atoms with Crippen LogP contribution in [0.2, 0.25) is 0 Å². The minimum atomic E-state index is -0.798. The van der Waals surface area contributed by atoms with Gasteiger partial charge in [0.15, 0.2) is 0 Å². The number of carboxylic acid groups (broad SMARTS) is 1. The van der Waals surface area contributed by atoms with Gasteiger partial charge in [0.2, 0.25) is 0 Å². The highest BCUT2D eigenvalue weighted by Gasteiger charge is 2.51. The molecule has 5 fully saturated rings. The molecule has 1 heterocycles. The monoisotopic (exact) mass is 362 g/mol. The number of ether oxygens (including phenoxy) is 2. The van der Waals surface area contributed by atoms with E-state index in [-0.39, 0.29) is 11.0 Å². The van der Waals surface area contributed by atoms with Crippen LogP contribution in [0.25, 0.3) is 0 Å². The van der Waals surface area contributed by atoms with Gasteiger partial charge >= 0.3 is 5.97 Å². The third kappa shape index (κ3) is 3.67. The molecular formula is C22H34O4. The summed E-state index contributed by atoms with van der Waals surface area (Å²) in [6, 6.07) is 0. The molecule has 1 saturated heterocycles. The number of aliphatic carboxylic acids is 1. The lowest BCUT2D eigenvalue weighted by atomic mass is 9.48. The van der Waals surface area contributed by atoms with E-state index in [2.05, 4.69) is 6.92 Å². The van der Waals surface area contributed by atoms with E-state index in [9.17, 15) is 9.90 Å². The van der Waals surface area contributed by atoms with Crippen LogP contribution in [0.3, 0.4) is 0 Å². The first kappa shape index (κ1) is 18.3. The van der Waals surface area contributed by atoms with E-state index in [1.807, 2.05) is 0 Å². The molecule has 4 heteroatoms. The van der Waals surface area contributed by atoms with Crippen LogP contribution in [-0.4, -0.2) is 29.9 Å². The van der Waals surface area contributed by atoms with Crippen LogP contribution < -0.4 is 0 Å². The topological polar surface area (TPSA) is 55.8 Å². The van der Waals surface area contributed by atoms with Crippen molar-refractivity contribution in [3.8, 4) is 0 Å². The van der Waals surface area contributed by atoms with Gasteiger partial charge in [-0.05, 0) is 93.8 Å². The van der Waals surface area contributed by atoms with E-state index in [1.54, 1.807) is 6.26 Å². The summed E-state index contributed by atoms with van der Waals surface area (Å²) in [5.41, 5.74) is 0.799. The lowest BCUT2D eigenvalue weighted by molar-refractivity contribution is -0.154. The Kier molecular flexibility index (Phi) is 5.06. The molecule has 1 atom stereocenters. The second-order valence-corrected chi connectivity index (χ2v) is 9.65. The van der Waals surface area contributed by atoms with E-state index in [4.69, 9.17) is 9.47 Å². The molecule has 4 nitrogen and oxygen atoms in total. The Balaban J connectivity index is 1.30. The summed E-state index contributed by atoms with van der Waals surface area (Å²) in [5, 5.41) is 9.68. The molecule has 1 aliphatic heterocycles. The summed E-state index contributed by atoms with van der Waals surface area (Å²) in [7, 11) is 0. The predicted octanol–water partition coefficient (Wildman–Crippen LogP) is 4.93. The van der Waals surface area contributed by atoms with Gasteiger partial charge in [0.25, 0.3) is 0 Å². The van der Waals surface area contributed by atoms with Gasteiger partial charge in [-0.3, -0.25) is 0 Å². The summed E-state index contributed by atoms with van der Waals surface area (Å²) in [4.78, 5) is 11.8. The van der Waals surface area contributed by atoms with Crippen molar-refractivity contribution in [3.05, 3.63) is 11.8 Å². The first-order valence-electron chi connectivity index (χ1n) is 10.7. The molecule has 1 unspecified atom stereocenters. The van der Waals surface area contributed by atoms with E-state index in [0.717, 1.165) is 50.0 Å². The summed E-state index contributed by atoms with van der Waals surface area (Å²) in [6.45, 7) is 3.64. The summed E-state index contributed by atoms with van der Waals surface area (Å²) >= 11 is 0. The molecule has 0 amide bonds. The smallest absolute Gasteiger partial charge is 0.334 e. The van der Waals surface area contributed by atoms with Gasteiger partial charge in [-0.25, -0.2) is 4.79 Å². The lowest BCUT2D eigenvalue weighted by Gasteiger charge is -2.57. The zero-order valence-corrected chi connectivity index (χ0v) is 16.2. The van der Waals surface area contributed by atoms with Crippen molar-refractivity contribution in [2.45, 2.75) is 83.2 Å². The van der Waals surface area contributed by atoms with Crippen LogP contribution in [-0.2, 0) is 14.3 Å². The van der Waals surface area contributed by atoms with Gasteiger partial charge in [-0.15, -0.1) is 0 Å². The molecule has 5 rings (SSSR count). The first-order chi connectivity index (χ1) is 12.5. The fourth-order valence-electron chi connectivity index (χ4n) is 6.76. The summed E-state index contributed by atoms with van der Waals surface area (Å²) in [5.74, 6) is 1.76. The van der Waals surface area contributed by atoms with Crippen LogP contribution in [0, 0.1) is 23.2 Å². The normalized spacial score (nSPS) is 41.1. The Labute approximate surface area is 157 Å². The van der Waals surface area contributed by atoms with Crippen LogP contribution in [0.15, 0.2) is 11.8 Å². The van der Waals surface area contributed by atoms with Crippen LogP contribution >= 0.6 is 0 Å². The minimum absolute atomic E-state index is 0.0713. The first-order valence-corrected chi connectivity index (χ1v) is 10.7. The largest absolute Gasteiger partial charge is 0.501 e. The number of carboxylic acids is 1. The fourth-order valence-corrected chi connectivity index (χ4v) is 6.76. The van der Waals surface area contributed by atoms with E-state index in [1.165, 1.54) is 38.5 Å². The average Bonchev–Trinajstić information content (AvgIpc) is 2.54. The minimum Gasteiger partial charge on any atom is -0.501 e.